The van der Waals surface area contributed by atoms with Crippen LogP contribution in [0.15, 0.2) is 17.4 Å². The number of aryl methyl sites for hydroxylation is 2. The third-order valence-corrected chi connectivity index (χ3v) is 7.99. The summed E-state index contributed by atoms with van der Waals surface area (Å²) in [5.74, 6) is 0.0339. The van der Waals surface area contributed by atoms with Crippen molar-refractivity contribution >= 4 is 39.1 Å². The molecule has 176 valence electrons. The van der Waals surface area contributed by atoms with Gasteiger partial charge in [-0.1, -0.05) is 11.8 Å². The first-order chi connectivity index (χ1) is 15.7. The maximum Gasteiger partial charge on any atom is 0.189 e. The zero-order valence-corrected chi connectivity index (χ0v) is 21.3. The summed E-state index contributed by atoms with van der Waals surface area (Å²) in [6.07, 6.45) is 3.67. The molecule has 2 fully saturated rings. The summed E-state index contributed by atoms with van der Waals surface area (Å²) in [5.41, 5.74) is 3.57. The van der Waals surface area contributed by atoms with Gasteiger partial charge in [0, 0.05) is 12.1 Å². The number of anilines is 1. The Morgan fingerprint density at radius 3 is 2.64 bits per heavy atom. The van der Waals surface area contributed by atoms with Gasteiger partial charge < -0.3 is 19.9 Å². The van der Waals surface area contributed by atoms with Crippen LogP contribution in [0.3, 0.4) is 0 Å². The zero-order valence-electron chi connectivity index (χ0n) is 19.6. The number of thioether (sulfide) groups is 1. The van der Waals surface area contributed by atoms with Crippen molar-refractivity contribution in [2.45, 2.75) is 76.3 Å². The monoisotopic (exact) mass is 487 g/mol. The van der Waals surface area contributed by atoms with Gasteiger partial charge in [0.1, 0.15) is 22.4 Å². The Morgan fingerprint density at radius 2 is 1.94 bits per heavy atom. The lowest BCUT2D eigenvalue weighted by molar-refractivity contribution is -0.161. The SMILES string of the molecule is CSc1nc(C)c(-c2nc3c(C)nccc3s2)c(NC2CC(C(C)O)[C@H]3OC(C)(C)O[C@@H]23)n1. The minimum absolute atomic E-state index is 0.0168. The van der Waals surface area contributed by atoms with E-state index in [1.165, 1.54) is 11.8 Å². The summed E-state index contributed by atoms with van der Waals surface area (Å²) in [6, 6.07) is 1.93. The summed E-state index contributed by atoms with van der Waals surface area (Å²) in [7, 11) is 0. The Morgan fingerprint density at radius 1 is 1.18 bits per heavy atom. The second-order valence-corrected chi connectivity index (χ2v) is 11.0. The van der Waals surface area contributed by atoms with Gasteiger partial charge in [0.15, 0.2) is 10.9 Å². The second-order valence-electron chi connectivity index (χ2n) is 9.24. The number of hydrogen-bond donors (Lipinski definition) is 2. The maximum absolute atomic E-state index is 10.4. The number of ether oxygens (including phenoxy) is 2. The van der Waals surface area contributed by atoms with Crippen LogP contribution < -0.4 is 5.32 Å². The van der Waals surface area contributed by atoms with Crippen molar-refractivity contribution in [3.05, 3.63) is 23.7 Å². The molecule has 0 amide bonds. The number of fused-ring (bicyclic) bond motifs is 2. The summed E-state index contributed by atoms with van der Waals surface area (Å²) in [4.78, 5) is 18.8. The Hall–Kier alpha value is -1.85. The Balaban J connectivity index is 1.56. The largest absolute Gasteiger partial charge is 0.393 e. The lowest BCUT2D eigenvalue weighted by Crippen LogP contribution is -2.35. The highest BCUT2D eigenvalue weighted by Crippen LogP contribution is 2.45. The van der Waals surface area contributed by atoms with Crippen molar-refractivity contribution in [2.75, 3.05) is 11.6 Å². The molecule has 3 unspecified atom stereocenters. The molecule has 0 bridgehead atoms. The van der Waals surface area contributed by atoms with E-state index in [1.54, 1.807) is 11.3 Å². The van der Waals surface area contributed by atoms with Crippen molar-refractivity contribution in [1.29, 1.82) is 0 Å². The highest BCUT2D eigenvalue weighted by Gasteiger charge is 2.55. The summed E-state index contributed by atoms with van der Waals surface area (Å²) in [5, 5.41) is 15.6. The Bertz CT molecular complexity index is 1200. The molecule has 10 heteroatoms. The molecule has 0 spiro atoms. The molecule has 1 saturated heterocycles. The number of aromatic nitrogens is 4. The van der Waals surface area contributed by atoms with Crippen LogP contribution in [0.1, 0.15) is 38.6 Å². The molecule has 1 aliphatic carbocycles. The minimum atomic E-state index is -0.685. The van der Waals surface area contributed by atoms with E-state index in [-0.39, 0.29) is 24.2 Å². The molecular weight excluding hydrogens is 458 g/mol. The fraction of sp³-hybridized carbons (Fsp3) is 0.565. The number of nitrogens with zero attached hydrogens (tertiary/aromatic N) is 4. The molecule has 2 N–H and O–H groups in total. The predicted octanol–water partition coefficient (Wildman–Crippen LogP) is 4.19. The van der Waals surface area contributed by atoms with Crippen molar-refractivity contribution in [1.82, 2.24) is 19.9 Å². The average molecular weight is 488 g/mol. The Labute approximate surface area is 201 Å². The first kappa shape index (κ1) is 22.9. The van der Waals surface area contributed by atoms with Crippen LogP contribution in [0.2, 0.25) is 0 Å². The molecule has 5 atom stereocenters. The molecule has 1 aliphatic heterocycles. The van der Waals surface area contributed by atoms with E-state index in [0.717, 1.165) is 44.4 Å². The third kappa shape index (κ3) is 4.12. The van der Waals surface area contributed by atoms with Gasteiger partial charge in [-0.15, -0.1) is 11.3 Å². The van der Waals surface area contributed by atoms with E-state index in [4.69, 9.17) is 24.4 Å². The van der Waals surface area contributed by atoms with Gasteiger partial charge in [0.05, 0.1) is 39.9 Å². The summed E-state index contributed by atoms with van der Waals surface area (Å²) < 4.78 is 13.5. The lowest BCUT2D eigenvalue weighted by atomic mass is 9.99. The number of aliphatic hydroxyl groups excluding tert-OH is 1. The van der Waals surface area contributed by atoms with Gasteiger partial charge >= 0.3 is 0 Å². The topological polar surface area (TPSA) is 102 Å². The van der Waals surface area contributed by atoms with Crippen molar-refractivity contribution in [3.63, 3.8) is 0 Å². The number of nitrogens with one attached hydrogen (secondary N) is 1. The van der Waals surface area contributed by atoms with E-state index in [0.29, 0.717) is 5.16 Å². The number of pyridine rings is 1. The molecule has 33 heavy (non-hydrogen) atoms. The van der Waals surface area contributed by atoms with Gasteiger partial charge in [-0.2, -0.15) is 0 Å². The van der Waals surface area contributed by atoms with E-state index >= 15 is 0 Å². The van der Waals surface area contributed by atoms with Crippen LogP contribution in [0, 0.1) is 19.8 Å². The van der Waals surface area contributed by atoms with Crippen LogP contribution in [0.25, 0.3) is 20.8 Å². The van der Waals surface area contributed by atoms with Crippen LogP contribution >= 0.6 is 23.1 Å². The number of aliphatic hydroxyl groups is 1. The highest BCUT2D eigenvalue weighted by atomic mass is 32.2. The normalized spacial score (nSPS) is 27.1. The molecule has 3 aromatic heterocycles. The Kier molecular flexibility index (Phi) is 5.85. The number of hydrogen-bond acceptors (Lipinski definition) is 10. The average Bonchev–Trinajstić information content (AvgIpc) is 3.39. The van der Waals surface area contributed by atoms with Gasteiger partial charge in [-0.3, -0.25) is 4.98 Å². The van der Waals surface area contributed by atoms with Crippen molar-refractivity contribution in [2.24, 2.45) is 5.92 Å². The fourth-order valence-corrected chi connectivity index (χ4v) is 6.42. The van der Waals surface area contributed by atoms with Gasteiger partial charge in [-0.25, -0.2) is 15.0 Å². The van der Waals surface area contributed by atoms with Crippen LogP contribution in [-0.2, 0) is 9.47 Å². The van der Waals surface area contributed by atoms with E-state index in [9.17, 15) is 5.11 Å². The summed E-state index contributed by atoms with van der Waals surface area (Å²) in [6.45, 7) is 9.63. The molecule has 2 aliphatic rings. The van der Waals surface area contributed by atoms with E-state index in [1.807, 2.05) is 53.1 Å². The quantitative estimate of drug-likeness (QED) is 0.405. The van der Waals surface area contributed by atoms with Gasteiger partial charge in [-0.05, 0) is 53.4 Å². The number of thiazole rings is 1. The first-order valence-electron chi connectivity index (χ1n) is 11.1. The van der Waals surface area contributed by atoms with Crippen LogP contribution in [0.5, 0.6) is 0 Å². The molecule has 1 saturated carbocycles. The van der Waals surface area contributed by atoms with E-state index in [2.05, 4.69) is 10.3 Å². The fourth-order valence-electron chi connectivity index (χ4n) is 4.90. The molecule has 4 heterocycles. The number of rotatable bonds is 5. The minimum Gasteiger partial charge on any atom is -0.393 e. The highest BCUT2D eigenvalue weighted by molar-refractivity contribution is 7.98. The second kappa shape index (κ2) is 8.42. The van der Waals surface area contributed by atoms with Crippen molar-refractivity contribution in [3.8, 4) is 10.6 Å². The molecule has 3 aromatic rings. The molecule has 0 aromatic carbocycles. The first-order valence-corrected chi connectivity index (χ1v) is 13.2. The molecule has 5 rings (SSSR count). The van der Waals surface area contributed by atoms with Crippen LogP contribution in [0.4, 0.5) is 5.82 Å². The predicted molar refractivity (Wildman–Crippen MR) is 131 cm³/mol. The maximum atomic E-state index is 10.4. The molecular formula is C23H29N5O3S2. The lowest BCUT2D eigenvalue weighted by Gasteiger charge is -2.25. The van der Waals surface area contributed by atoms with Crippen molar-refractivity contribution < 1.29 is 14.6 Å². The van der Waals surface area contributed by atoms with Crippen LogP contribution in [-0.4, -0.2) is 61.4 Å². The molecule has 8 nitrogen and oxygen atoms in total. The summed E-state index contributed by atoms with van der Waals surface area (Å²) >= 11 is 3.12. The zero-order chi connectivity index (χ0) is 23.5. The van der Waals surface area contributed by atoms with E-state index < -0.39 is 11.9 Å². The smallest absolute Gasteiger partial charge is 0.189 e. The third-order valence-electron chi connectivity index (χ3n) is 6.41. The molecule has 0 radical (unpaired) electrons. The standard InChI is InChI=1S/C23H29N5O3S2/c1-10-16(21-27-17-11(2)24-8-7-15(17)33-21)20(28-22(25-10)32-6)26-14-9-13(12(3)29)18-19(14)31-23(4,5)30-18/h7-8,12-14,18-19,29H,9H2,1-6H3,(H,25,26,28)/t12?,13?,14?,18-,19+/m1/s1. The van der Waals surface area contributed by atoms with Gasteiger partial charge in [0.25, 0.3) is 0 Å². The van der Waals surface area contributed by atoms with Gasteiger partial charge in [0.2, 0.25) is 0 Å².